The van der Waals surface area contributed by atoms with E-state index in [2.05, 4.69) is 10.3 Å². The van der Waals surface area contributed by atoms with Gasteiger partial charge in [0, 0.05) is 42.8 Å². The van der Waals surface area contributed by atoms with Gasteiger partial charge in [-0.2, -0.15) is 0 Å². The maximum atomic E-state index is 13.3. The van der Waals surface area contributed by atoms with Gasteiger partial charge in [0.15, 0.2) is 0 Å². The summed E-state index contributed by atoms with van der Waals surface area (Å²) in [6, 6.07) is 6.22. The molecular weight excluding hydrogens is 347 g/mol. The number of amides is 3. The molecule has 2 aromatic rings. The largest absolute Gasteiger partial charge is 0.357 e. The summed E-state index contributed by atoms with van der Waals surface area (Å²) in [5, 5.41) is 3.68. The topological polar surface area (TPSA) is 68.4 Å². The van der Waals surface area contributed by atoms with Crippen molar-refractivity contribution in [3.63, 3.8) is 0 Å². The van der Waals surface area contributed by atoms with E-state index in [1.54, 1.807) is 11.0 Å². The average molecular weight is 374 g/mol. The van der Waals surface area contributed by atoms with E-state index in [9.17, 15) is 14.0 Å². The molecule has 3 rings (SSSR count). The lowest BCUT2D eigenvalue weighted by molar-refractivity contribution is -0.136. The Morgan fingerprint density at radius 3 is 2.81 bits per heavy atom. The van der Waals surface area contributed by atoms with E-state index in [0.29, 0.717) is 32.7 Å². The number of urea groups is 1. The molecule has 27 heavy (non-hydrogen) atoms. The molecule has 1 unspecified atom stereocenters. The van der Waals surface area contributed by atoms with Crippen molar-refractivity contribution in [1.29, 1.82) is 0 Å². The molecule has 0 saturated carbocycles. The fraction of sp³-hybridized carbons (Fsp3) is 0.500. The average Bonchev–Trinajstić information content (AvgIpc) is 3.09. The van der Waals surface area contributed by atoms with Gasteiger partial charge in [-0.15, -0.1) is 0 Å². The first-order valence-corrected chi connectivity index (χ1v) is 9.60. The van der Waals surface area contributed by atoms with Crippen LogP contribution in [0.15, 0.2) is 24.3 Å². The molecule has 0 bridgehead atoms. The Kier molecular flexibility index (Phi) is 5.98. The highest BCUT2D eigenvalue weighted by Crippen LogP contribution is 2.20. The number of hydrogen-bond donors (Lipinski definition) is 2. The van der Waals surface area contributed by atoms with E-state index in [1.165, 1.54) is 12.1 Å². The van der Waals surface area contributed by atoms with Crippen LogP contribution >= 0.6 is 0 Å². The number of piperidine rings is 1. The van der Waals surface area contributed by atoms with E-state index in [1.807, 2.05) is 24.8 Å². The Morgan fingerprint density at radius 1 is 1.30 bits per heavy atom. The van der Waals surface area contributed by atoms with Crippen molar-refractivity contribution in [3.05, 3.63) is 35.8 Å². The molecule has 1 aliphatic heterocycles. The number of nitrogens with one attached hydrogen (secondary N) is 2. The quantitative estimate of drug-likeness (QED) is 0.844. The first kappa shape index (κ1) is 19.2. The molecule has 1 fully saturated rings. The molecule has 146 valence electrons. The third-order valence-electron chi connectivity index (χ3n) is 5.20. The fourth-order valence-corrected chi connectivity index (χ4v) is 3.70. The number of fused-ring (bicyclic) bond motifs is 1. The molecule has 7 heteroatoms. The lowest BCUT2D eigenvalue weighted by atomic mass is 9.96. The molecule has 0 spiro atoms. The number of carbonyl (C=O) groups excluding carboxylic acids is 2. The van der Waals surface area contributed by atoms with Gasteiger partial charge in [-0.1, -0.05) is 0 Å². The summed E-state index contributed by atoms with van der Waals surface area (Å²) in [7, 11) is 0. The normalized spacial score (nSPS) is 17.1. The van der Waals surface area contributed by atoms with Crippen molar-refractivity contribution in [2.24, 2.45) is 5.92 Å². The van der Waals surface area contributed by atoms with Crippen molar-refractivity contribution in [2.45, 2.75) is 33.2 Å². The molecule has 2 N–H and O–H groups in total. The number of benzene rings is 1. The highest BCUT2D eigenvalue weighted by molar-refractivity contribution is 5.82. The van der Waals surface area contributed by atoms with Crippen LogP contribution in [0.5, 0.6) is 0 Å². The van der Waals surface area contributed by atoms with Gasteiger partial charge in [0.2, 0.25) is 5.91 Å². The predicted octanol–water partition coefficient (Wildman–Crippen LogP) is 3.10. The number of likely N-dealkylation sites (tertiary alicyclic amines) is 1. The van der Waals surface area contributed by atoms with Crippen molar-refractivity contribution in [2.75, 3.05) is 26.2 Å². The van der Waals surface area contributed by atoms with E-state index < -0.39 is 0 Å². The minimum absolute atomic E-state index is 0.125. The van der Waals surface area contributed by atoms with Crippen LogP contribution in [0, 0.1) is 11.7 Å². The van der Waals surface area contributed by atoms with Crippen molar-refractivity contribution < 1.29 is 14.0 Å². The van der Waals surface area contributed by atoms with Crippen LogP contribution < -0.4 is 5.32 Å². The van der Waals surface area contributed by atoms with Crippen LogP contribution in [0.2, 0.25) is 0 Å². The molecular formula is C20H27FN4O2. The van der Waals surface area contributed by atoms with Gasteiger partial charge in [-0.3, -0.25) is 4.79 Å². The number of halogens is 1. The molecule has 1 aliphatic rings. The zero-order valence-corrected chi connectivity index (χ0v) is 15.9. The van der Waals surface area contributed by atoms with Gasteiger partial charge >= 0.3 is 6.03 Å². The minimum atomic E-state index is -0.283. The van der Waals surface area contributed by atoms with E-state index in [4.69, 9.17) is 0 Å². The van der Waals surface area contributed by atoms with Gasteiger partial charge in [0.25, 0.3) is 0 Å². The number of aromatic amines is 1. The second-order valence-corrected chi connectivity index (χ2v) is 6.98. The van der Waals surface area contributed by atoms with E-state index >= 15 is 0 Å². The third-order valence-corrected chi connectivity index (χ3v) is 5.20. The number of H-pyrrole nitrogens is 1. The first-order valence-electron chi connectivity index (χ1n) is 9.60. The van der Waals surface area contributed by atoms with Crippen molar-refractivity contribution in [1.82, 2.24) is 20.1 Å². The van der Waals surface area contributed by atoms with Crippen molar-refractivity contribution in [3.8, 4) is 0 Å². The summed E-state index contributed by atoms with van der Waals surface area (Å²) in [5.74, 6) is -0.273. The zero-order valence-electron chi connectivity index (χ0n) is 15.9. The van der Waals surface area contributed by atoms with E-state index in [-0.39, 0.29) is 23.7 Å². The Hall–Kier alpha value is -2.57. The van der Waals surface area contributed by atoms with Crippen LogP contribution in [0.3, 0.4) is 0 Å². The predicted molar refractivity (Wildman–Crippen MR) is 103 cm³/mol. The van der Waals surface area contributed by atoms with E-state index in [0.717, 1.165) is 29.4 Å². The Balaban J connectivity index is 1.57. The highest BCUT2D eigenvalue weighted by Gasteiger charge is 2.30. The molecule has 1 atom stereocenters. The SMILES string of the molecule is CCN(CC)C(=O)C1CCCN(C(=O)NCc2cc3cc(F)ccc3[nH]2)C1. The van der Waals surface area contributed by atoms with Crippen LogP contribution in [0.25, 0.3) is 10.9 Å². The summed E-state index contributed by atoms with van der Waals surface area (Å²) < 4.78 is 13.3. The summed E-state index contributed by atoms with van der Waals surface area (Å²) in [4.78, 5) is 31.8. The molecule has 2 heterocycles. The van der Waals surface area contributed by atoms with Crippen LogP contribution in [0.1, 0.15) is 32.4 Å². The summed E-state index contributed by atoms with van der Waals surface area (Å²) in [6.45, 7) is 6.78. The molecule has 3 amide bonds. The summed E-state index contributed by atoms with van der Waals surface area (Å²) in [6.07, 6.45) is 1.66. The second-order valence-electron chi connectivity index (χ2n) is 6.98. The van der Waals surface area contributed by atoms with Crippen LogP contribution in [-0.4, -0.2) is 52.9 Å². The minimum Gasteiger partial charge on any atom is -0.357 e. The summed E-state index contributed by atoms with van der Waals surface area (Å²) in [5.41, 5.74) is 1.65. The smallest absolute Gasteiger partial charge is 0.317 e. The standard InChI is InChI=1S/C20H27FN4O2/c1-3-24(4-2)19(26)14-6-5-9-25(13-14)20(27)22-12-17-11-15-10-16(21)7-8-18(15)23-17/h7-8,10-11,14,23H,3-6,9,12-13H2,1-2H3,(H,22,27). The Morgan fingerprint density at radius 2 is 2.07 bits per heavy atom. The fourth-order valence-electron chi connectivity index (χ4n) is 3.70. The molecule has 1 saturated heterocycles. The molecule has 1 aromatic heterocycles. The lowest BCUT2D eigenvalue weighted by Gasteiger charge is -2.34. The molecule has 0 aliphatic carbocycles. The van der Waals surface area contributed by atoms with Crippen LogP contribution in [0.4, 0.5) is 9.18 Å². The van der Waals surface area contributed by atoms with Gasteiger partial charge in [0.05, 0.1) is 12.5 Å². The number of rotatable bonds is 5. The lowest BCUT2D eigenvalue weighted by Crippen LogP contribution is -2.49. The molecule has 1 aromatic carbocycles. The van der Waals surface area contributed by atoms with Gasteiger partial charge < -0.3 is 20.1 Å². The second kappa shape index (κ2) is 8.41. The first-order chi connectivity index (χ1) is 13.0. The van der Waals surface area contributed by atoms with Gasteiger partial charge in [-0.05, 0) is 51.0 Å². The zero-order chi connectivity index (χ0) is 19.4. The van der Waals surface area contributed by atoms with Crippen molar-refractivity contribution >= 4 is 22.8 Å². The van der Waals surface area contributed by atoms with Gasteiger partial charge in [0.1, 0.15) is 5.82 Å². The highest BCUT2D eigenvalue weighted by atomic mass is 19.1. The molecule has 6 nitrogen and oxygen atoms in total. The number of hydrogen-bond acceptors (Lipinski definition) is 2. The Labute approximate surface area is 158 Å². The maximum absolute atomic E-state index is 13.3. The maximum Gasteiger partial charge on any atom is 0.317 e. The van der Waals surface area contributed by atoms with Gasteiger partial charge in [-0.25, -0.2) is 9.18 Å². The third kappa shape index (κ3) is 4.40. The number of carbonyl (C=O) groups is 2. The number of aromatic nitrogens is 1. The Bertz CT molecular complexity index is 815. The number of nitrogens with zero attached hydrogens (tertiary/aromatic N) is 2. The van der Waals surface area contributed by atoms with Crippen LogP contribution in [-0.2, 0) is 11.3 Å². The molecule has 0 radical (unpaired) electrons. The summed E-state index contributed by atoms with van der Waals surface area (Å²) >= 11 is 0. The monoisotopic (exact) mass is 374 g/mol.